The Kier molecular flexibility index (Phi) is 12.5. The van der Waals surface area contributed by atoms with Crippen molar-refractivity contribution in [3.8, 4) is 0 Å². The predicted molar refractivity (Wildman–Crippen MR) is 115 cm³/mol. The van der Waals surface area contributed by atoms with E-state index in [1.807, 2.05) is 20.8 Å². The van der Waals surface area contributed by atoms with Crippen LogP contribution in [-0.4, -0.2) is 86.0 Å². The molecular weight excluding hydrogens is 420 g/mol. The van der Waals surface area contributed by atoms with Gasteiger partial charge in [0.15, 0.2) is 0 Å². The summed E-state index contributed by atoms with van der Waals surface area (Å²) < 4.78 is 10.7. The van der Waals surface area contributed by atoms with Crippen LogP contribution >= 0.6 is 0 Å². The van der Waals surface area contributed by atoms with Crippen LogP contribution in [0.5, 0.6) is 0 Å². The Morgan fingerprint density at radius 2 is 1.66 bits per heavy atom. The largest absolute Gasteiger partial charge is 0.379 e. The van der Waals surface area contributed by atoms with Crippen molar-refractivity contribution in [1.29, 1.82) is 0 Å². The maximum atomic E-state index is 12.0. The highest BCUT2D eigenvalue weighted by Crippen LogP contribution is 2.21. The highest BCUT2D eigenvalue weighted by atomic mass is 16.5. The highest BCUT2D eigenvalue weighted by molar-refractivity contribution is 6.03. The van der Waals surface area contributed by atoms with Crippen molar-refractivity contribution >= 4 is 29.5 Å². The third kappa shape index (κ3) is 10.2. The van der Waals surface area contributed by atoms with Gasteiger partial charge < -0.3 is 25.4 Å². The van der Waals surface area contributed by atoms with Gasteiger partial charge >= 0.3 is 0 Å². The molecule has 32 heavy (non-hydrogen) atoms. The highest BCUT2D eigenvalue weighted by Gasteiger charge is 2.36. The van der Waals surface area contributed by atoms with Gasteiger partial charge in [-0.2, -0.15) is 0 Å². The topological polar surface area (TPSA) is 143 Å². The Morgan fingerprint density at radius 1 is 1.00 bits per heavy atom. The summed E-state index contributed by atoms with van der Waals surface area (Å²) in [6.07, 6.45) is 1.00. The van der Waals surface area contributed by atoms with Crippen molar-refractivity contribution < 1.29 is 33.4 Å². The number of carbonyl (C=O) groups excluding carboxylic acids is 5. The lowest BCUT2D eigenvalue weighted by Crippen LogP contribution is -2.49. The van der Waals surface area contributed by atoms with Crippen LogP contribution in [0.25, 0.3) is 0 Å². The monoisotopic (exact) mass is 456 g/mol. The van der Waals surface area contributed by atoms with Crippen molar-refractivity contribution in [3.63, 3.8) is 0 Å². The molecule has 1 aliphatic heterocycles. The van der Waals surface area contributed by atoms with Crippen LogP contribution in [0.15, 0.2) is 0 Å². The molecule has 1 rings (SSSR count). The minimum absolute atomic E-state index is 0.0287. The zero-order valence-electron chi connectivity index (χ0n) is 19.4. The number of nitrogens with one attached hydrogen (secondary N) is 3. The number of ether oxygens (including phenoxy) is 2. The first kappa shape index (κ1) is 27.5. The van der Waals surface area contributed by atoms with Gasteiger partial charge in [-0.3, -0.25) is 28.9 Å². The summed E-state index contributed by atoms with van der Waals surface area (Å²) in [6.45, 7) is 8.02. The second-order valence-electron chi connectivity index (χ2n) is 7.90. The van der Waals surface area contributed by atoms with Crippen molar-refractivity contribution in [2.24, 2.45) is 5.92 Å². The molecule has 0 saturated carbocycles. The van der Waals surface area contributed by atoms with E-state index in [0.29, 0.717) is 6.42 Å². The molecule has 0 aromatic carbocycles. The number of rotatable bonds is 15. The molecule has 0 spiro atoms. The maximum absolute atomic E-state index is 12.0. The quantitative estimate of drug-likeness (QED) is 0.219. The SMILES string of the molecule is CCC1CC(=O)N(CCOCCOCCC(=O)NCC(=O)N[C@@H](C)C(=O)NC(C)C)C1=O. The van der Waals surface area contributed by atoms with Crippen molar-refractivity contribution in [2.45, 2.75) is 59.0 Å². The lowest BCUT2D eigenvalue weighted by Gasteiger charge is -2.16. The van der Waals surface area contributed by atoms with Crippen LogP contribution in [0.1, 0.15) is 47.0 Å². The van der Waals surface area contributed by atoms with Gasteiger partial charge in [-0.15, -0.1) is 0 Å². The number of carbonyl (C=O) groups is 5. The normalized spacial score (nSPS) is 16.9. The van der Waals surface area contributed by atoms with Gasteiger partial charge in [0.25, 0.3) is 0 Å². The van der Waals surface area contributed by atoms with E-state index in [0.717, 1.165) is 0 Å². The van der Waals surface area contributed by atoms with Crippen LogP contribution < -0.4 is 16.0 Å². The van der Waals surface area contributed by atoms with E-state index >= 15 is 0 Å². The standard InChI is InChI=1S/C21H36N4O7/c1-5-16-12-19(28)25(21(16)30)7-9-32-11-10-31-8-6-17(26)22-13-18(27)24-15(4)20(29)23-14(2)3/h14-16H,5-13H2,1-4H3,(H,22,26)(H,23,29)(H,24,27)/t15-,16?/m0/s1. The molecule has 1 saturated heterocycles. The number of hydrogen-bond acceptors (Lipinski definition) is 7. The molecule has 182 valence electrons. The van der Waals surface area contributed by atoms with E-state index in [1.54, 1.807) is 6.92 Å². The molecule has 11 nitrogen and oxygen atoms in total. The molecule has 2 atom stereocenters. The van der Waals surface area contributed by atoms with Gasteiger partial charge in [0, 0.05) is 24.8 Å². The fraction of sp³-hybridized carbons (Fsp3) is 0.762. The number of imide groups is 1. The van der Waals surface area contributed by atoms with E-state index in [1.165, 1.54) is 4.90 Å². The van der Waals surface area contributed by atoms with Crippen LogP contribution in [-0.2, 0) is 33.4 Å². The lowest BCUT2D eigenvalue weighted by atomic mass is 10.1. The Balaban J connectivity index is 2.03. The fourth-order valence-electron chi connectivity index (χ4n) is 2.98. The number of likely N-dealkylation sites (tertiary alicyclic amines) is 1. The van der Waals surface area contributed by atoms with E-state index in [-0.39, 0.29) is 87.9 Å². The van der Waals surface area contributed by atoms with Crippen LogP contribution in [0, 0.1) is 5.92 Å². The summed E-state index contributed by atoms with van der Waals surface area (Å²) in [5.74, 6) is -1.61. The van der Waals surface area contributed by atoms with Gasteiger partial charge in [-0.25, -0.2) is 0 Å². The number of nitrogens with zero attached hydrogens (tertiary/aromatic N) is 1. The van der Waals surface area contributed by atoms with Gasteiger partial charge in [-0.05, 0) is 27.2 Å². The Hall–Kier alpha value is -2.53. The summed E-state index contributed by atoms with van der Waals surface area (Å²) >= 11 is 0. The maximum Gasteiger partial charge on any atom is 0.242 e. The molecular formula is C21H36N4O7. The molecule has 1 unspecified atom stereocenters. The average Bonchev–Trinajstić information content (AvgIpc) is 3.00. The summed E-state index contributed by atoms with van der Waals surface area (Å²) in [7, 11) is 0. The number of amides is 5. The molecule has 3 N–H and O–H groups in total. The van der Waals surface area contributed by atoms with Gasteiger partial charge in [0.05, 0.1) is 39.5 Å². The minimum Gasteiger partial charge on any atom is -0.379 e. The third-order valence-electron chi connectivity index (χ3n) is 4.78. The molecule has 0 aromatic heterocycles. The molecule has 11 heteroatoms. The number of hydrogen-bond donors (Lipinski definition) is 3. The van der Waals surface area contributed by atoms with E-state index in [9.17, 15) is 24.0 Å². The molecule has 0 bridgehead atoms. The summed E-state index contributed by atoms with van der Waals surface area (Å²) in [4.78, 5) is 60.3. The van der Waals surface area contributed by atoms with E-state index < -0.39 is 11.9 Å². The van der Waals surface area contributed by atoms with E-state index in [4.69, 9.17) is 9.47 Å². The third-order valence-corrected chi connectivity index (χ3v) is 4.78. The molecule has 5 amide bonds. The molecule has 0 aromatic rings. The average molecular weight is 457 g/mol. The second kappa shape index (κ2) is 14.5. The van der Waals surface area contributed by atoms with Gasteiger partial charge in [-0.1, -0.05) is 6.92 Å². The molecule has 0 aliphatic carbocycles. The van der Waals surface area contributed by atoms with Crippen LogP contribution in [0.3, 0.4) is 0 Å². The smallest absolute Gasteiger partial charge is 0.242 e. The van der Waals surface area contributed by atoms with Crippen LogP contribution in [0.2, 0.25) is 0 Å². The Morgan fingerprint density at radius 3 is 2.25 bits per heavy atom. The van der Waals surface area contributed by atoms with E-state index in [2.05, 4.69) is 16.0 Å². The lowest BCUT2D eigenvalue weighted by molar-refractivity contribution is -0.140. The van der Waals surface area contributed by atoms with Crippen LogP contribution in [0.4, 0.5) is 0 Å². The molecule has 1 heterocycles. The zero-order chi connectivity index (χ0) is 24.1. The Labute approximate surface area is 188 Å². The zero-order valence-corrected chi connectivity index (χ0v) is 19.4. The minimum atomic E-state index is -0.695. The first-order chi connectivity index (χ1) is 15.1. The van der Waals surface area contributed by atoms with Gasteiger partial charge in [0.2, 0.25) is 29.5 Å². The summed E-state index contributed by atoms with van der Waals surface area (Å²) in [5, 5.41) is 7.66. The van der Waals surface area contributed by atoms with Crippen molar-refractivity contribution in [3.05, 3.63) is 0 Å². The predicted octanol–water partition coefficient (Wildman–Crippen LogP) is -0.660. The Bertz CT molecular complexity index is 669. The summed E-state index contributed by atoms with van der Waals surface area (Å²) in [6, 6.07) is -0.723. The first-order valence-electron chi connectivity index (χ1n) is 11.0. The fourth-order valence-corrected chi connectivity index (χ4v) is 2.98. The molecule has 1 fully saturated rings. The van der Waals surface area contributed by atoms with Gasteiger partial charge in [0.1, 0.15) is 6.04 Å². The van der Waals surface area contributed by atoms with Crippen molar-refractivity contribution in [1.82, 2.24) is 20.9 Å². The molecule has 1 aliphatic rings. The molecule has 0 radical (unpaired) electrons. The van der Waals surface area contributed by atoms with Crippen molar-refractivity contribution in [2.75, 3.05) is 39.5 Å². The second-order valence-corrected chi connectivity index (χ2v) is 7.90. The first-order valence-corrected chi connectivity index (χ1v) is 11.0. The summed E-state index contributed by atoms with van der Waals surface area (Å²) in [5.41, 5.74) is 0.